The van der Waals surface area contributed by atoms with E-state index in [0.29, 0.717) is 12.1 Å². The molecular formula is C16H16BrFN2. The Hall–Kier alpha value is -1.39. The number of rotatable bonds is 2. The summed E-state index contributed by atoms with van der Waals surface area (Å²) < 4.78 is 14.8. The van der Waals surface area contributed by atoms with Crippen molar-refractivity contribution in [3.63, 3.8) is 0 Å². The Morgan fingerprint density at radius 3 is 2.90 bits per heavy atom. The van der Waals surface area contributed by atoms with Crippen LogP contribution in [0.3, 0.4) is 0 Å². The van der Waals surface area contributed by atoms with Crippen molar-refractivity contribution in [2.45, 2.75) is 19.0 Å². The normalized spacial score (nSPS) is 17.9. The topological polar surface area (TPSA) is 29.3 Å². The molecule has 2 aromatic rings. The summed E-state index contributed by atoms with van der Waals surface area (Å²) in [6.45, 7) is 1.29. The fourth-order valence-corrected chi connectivity index (χ4v) is 3.15. The van der Waals surface area contributed by atoms with Crippen molar-refractivity contribution >= 4 is 21.6 Å². The van der Waals surface area contributed by atoms with Crippen LogP contribution in [0.5, 0.6) is 0 Å². The predicted molar refractivity (Wildman–Crippen MR) is 83.3 cm³/mol. The number of para-hydroxylation sites is 1. The first-order valence-electron chi connectivity index (χ1n) is 6.66. The van der Waals surface area contributed by atoms with Gasteiger partial charge >= 0.3 is 0 Å². The highest BCUT2D eigenvalue weighted by Crippen LogP contribution is 2.28. The molecule has 0 amide bonds. The number of nitrogens with two attached hydrogens (primary N) is 1. The lowest BCUT2D eigenvalue weighted by molar-refractivity contribution is 0.573. The highest BCUT2D eigenvalue weighted by molar-refractivity contribution is 9.10. The smallest absolute Gasteiger partial charge is 0.128 e. The first-order chi connectivity index (χ1) is 9.63. The van der Waals surface area contributed by atoms with Crippen molar-refractivity contribution in [1.82, 2.24) is 0 Å². The van der Waals surface area contributed by atoms with Crippen LogP contribution in [0.1, 0.15) is 11.1 Å². The summed E-state index contributed by atoms with van der Waals surface area (Å²) in [4.78, 5) is 2.16. The molecule has 20 heavy (non-hydrogen) atoms. The van der Waals surface area contributed by atoms with E-state index in [1.807, 2.05) is 18.2 Å². The van der Waals surface area contributed by atoms with Gasteiger partial charge in [0, 0.05) is 34.9 Å². The molecule has 1 unspecified atom stereocenters. The van der Waals surface area contributed by atoms with E-state index in [1.165, 1.54) is 11.6 Å². The maximum Gasteiger partial charge on any atom is 0.128 e. The summed E-state index contributed by atoms with van der Waals surface area (Å²) >= 11 is 3.39. The Bertz CT molecular complexity index is 630. The van der Waals surface area contributed by atoms with E-state index in [-0.39, 0.29) is 11.9 Å². The second-order valence-electron chi connectivity index (χ2n) is 5.21. The number of benzene rings is 2. The van der Waals surface area contributed by atoms with Crippen LogP contribution in [0.15, 0.2) is 46.9 Å². The molecule has 0 spiro atoms. The number of hydrogen-bond acceptors (Lipinski definition) is 2. The number of halogens is 2. The van der Waals surface area contributed by atoms with Gasteiger partial charge in [0.2, 0.25) is 0 Å². The first-order valence-corrected chi connectivity index (χ1v) is 7.45. The number of nitrogens with zero attached hydrogens (tertiary/aromatic N) is 1. The lowest BCUT2D eigenvalue weighted by atomic mass is 9.98. The molecule has 1 atom stereocenters. The zero-order valence-corrected chi connectivity index (χ0v) is 12.6. The standard InChI is InChI=1S/C16H16BrFN2/c17-13-5-6-15(18)12(7-13)9-20-10-14(19)8-11-3-1-2-4-16(11)20/h1-7,14H,8-10,19H2. The molecule has 1 aliphatic rings. The first kappa shape index (κ1) is 13.6. The van der Waals surface area contributed by atoms with E-state index in [2.05, 4.69) is 33.0 Å². The van der Waals surface area contributed by atoms with Gasteiger partial charge in [-0.1, -0.05) is 34.1 Å². The molecule has 1 heterocycles. The average molecular weight is 335 g/mol. The Morgan fingerprint density at radius 2 is 2.05 bits per heavy atom. The summed E-state index contributed by atoms with van der Waals surface area (Å²) in [5.41, 5.74) is 9.20. The molecular weight excluding hydrogens is 319 g/mol. The zero-order valence-electron chi connectivity index (χ0n) is 11.0. The van der Waals surface area contributed by atoms with E-state index < -0.39 is 0 Å². The largest absolute Gasteiger partial charge is 0.365 e. The third-order valence-electron chi connectivity index (χ3n) is 3.64. The quantitative estimate of drug-likeness (QED) is 0.910. The Labute approximate surface area is 126 Å². The highest BCUT2D eigenvalue weighted by atomic mass is 79.9. The van der Waals surface area contributed by atoms with Gasteiger partial charge in [0.15, 0.2) is 0 Å². The summed E-state index contributed by atoms with van der Waals surface area (Å²) in [5, 5.41) is 0. The van der Waals surface area contributed by atoms with Crippen LogP contribution in [0, 0.1) is 5.82 Å². The molecule has 0 radical (unpaired) electrons. The van der Waals surface area contributed by atoms with E-state index in [9.17, 15) is 4.39 Å². The zero-order chi connectivity index (χ0) is 14.1. The van der Waals surface area contributed by atoms with Gasteiger partial charge in [-0.3, -0.25) is 0 Å². The summed E-state index contributed by atoms with van der Waals surface area (Å²) in [6.07, 6.45) is 0.883. The van der Waals surface area contributed by atoms with Crippen molar-refractivity contribution < 1.29 is 4.39 Å². The molecule has 4 heteroatoms. The van der Waals surface area contributed by atoms with Gasteiger partial charge in [0.1, 0.15) is 5.82 Å². The second kappa shape index (κ2) is 5.54. The SMILES string of the molecule is NC1Cc2ccccc2N(Cc2cc(Br)ccc2F)C1. The lowest BCUT2D eigenvalue weighted by Crippen LogP contribution is -2.43. The molecule has 0 saturated carbocycles. The predicted octanol–water partition coefficient (Wildman–Crippen LogP) is 3.48. The van der Waals surface area contributed by atoms with Crippen LogP contribution in [-0.2, 0) is 13.0 Å². The van der Waals surface area contributed by atoms with Crippen LogP contribution in [0.25, 0.3) is 0 Å². The van der Waals surface area contributed by atoms with Crippen molar-refractivity contribution in [3.05, 3.63) is 63.9 Å². The highest BCUT2D eigenvalue weighted by Gasteiger charge is 2.22. The van der Waals surface area contributed by atoms with Gasteiger partial charge in [-0.15, -0.1) is 0 Å². The number of hydrogen-bond donors (Lipinski definition) is 1. The summed E-state index contributed by atoms with van der Waals surface area (Å²) in [7, 11) is 0. The molecule has 3 rings (SSSR count). The minimum absolute atomic E-state index is 0.0973. The van der Waals surface area contributed by atoms with Crippen molar-refractivity contribution in [1.29, 1.82) is 0 Å². The van der Waals surface area contributed by atoms with E-state index >= 15 is 0 Å². The molecule has 104 valence electrons. The third kappa shape index (κ3) is 2.72. The van der Waals surface area contributed by atoms with Crippen LogP contribution < -0.4 is 10.6 Å². The Balaban J connectivity index is 1.93. The Morgan fingerprint density at radius 1 is 1.25 bits per heavy atom. The molecule has 2 N–H and O–H groups in total. The molecule has 0 aromatic heterocycles. The average Bonchev–Trinajstić information content (AvgIpc) is 2.43. The summed E-state index contributed by atoms with van der Waals surface area (Å²) in [5.74, 6) is -0.176. The fraction of sp³-hybridized carbons (Fsp3) is 0.250. The van der Waals surface area contributed by atoms with Crippen molar-refractivity contribution in [3.8, 4) is 0 Å². The van der Waals surface area contributed by atoms with Crippen LogP contribution in [-0.4, -0.2) is 12.6 Å². The van der Waals surface area contributed by atoms with Gasteiger partial charge in [-0.2, -0.15) is 0 Å². The molecule has 0 fully saturated rings. The van der Waals surface area contributed by atoms with Gasteiger partial charge < -0.3 is 10.6 Å². The number of anilines is 1. The third-order valence-corrected chi connectivity index (χ3v) is 4.13. The molecule has 0 aliphatic carbocycles. The van der Waals surface area contributed by atoms with Crippen molar-refractivity contribution in [2.75, 3.05) is 11.4 Å². The van der Waals surface area contributed by atoms with Crippen molar-refractivity contribution in [2.24, 2.45) is 5.73 Å². The number of fused-ring (bicyclic) bond motifs is 1. The van der Waals surface area contributed by atoms with Gasteiger partial charge in [-0.05, 0) is 36.2 Å². The monoisotopic (exact) mass is 334 g/mol. The fourth-order valence-electron chi connectivity index (χ4n) is 2.74. The van der Waals surface area contributed by atoms with Crippen LogP contribution in [0.2, 0.25) is 0 Å². The molecule has 0 bridgehead atoms. The van der Waals surface area contributed by atoms with Gasteiger partial charge in [-0.25, -0.2) is 4.39 Å². The molecule has 0 saturated heterocycles. The van der Waals surface area contributed by atoms with Gasteiger partial charge in [0.05, 0.1) is 0 Å². The molecule has 2 aromatic carbocycles. The van der Waals surface area contributed by atoms with Crippen LogP contribution >= 0.6 is 15.9 Å². The molecule has 1 aliphatic heterocycles. The minimum Gasteiger partial charge on any atom is -0.365 e. The van der Waals surface area contributed by atoms with Gasteiger partial charge in [0.25, 0.3) is 0 Å². The summed E-state index contributed by atoms with van der Waals surface area (Å²) in [6, 6.07) is 13.4. The van der Waals surface area contributed by atoms with Crippen LogP contribution in [0.4, 0.5) is 10.1 Å². The molecule has 2 nitrogen and oxygen atoms in total. The maximum atomic E-state index is 13.9. The Kier molecular flexibility index (Phi) is 3.76. The maximum absolute atomic E-state index is 13.9. The second-order valence-corrected chi connectivity index (χ2v) is 6.12. The van der Waals surface area contributed by atoms with E-state index in [4.69, 9.17) is 5.73 Å². The van der Waals surface area contributed by atoms with E-state index in [0.717, 1.165) is 23.1 Å². The lowest BCUT2D eigenvalue weighted by Gasteiger charge is -2.34. The van der Waals surface area contributed by atoms with E-state index in [1.54, 1.807) is 6.07 Å². The minimum atomic E-state index is -0.176.